The first-order valence-electron chi connectivity index (χ1n) is 12.4. The number of rotatable bonds is 7. The third kappa shape index (κ3) is 9.63. The molecule has 0 aliphatic carbocycles. The molecule has 2 saturated heterocycles. The molecule has 2 heterocycles. The lowest BCUT2D eigenvalue weighted by molar-refractivity contribution is -0.143. The number of hydrogen-bond donors (Lipinski definition) is 1. The maximum absolute atomic E-state index is 12.8. The summed E-state index contributed by atoms with van der Waals surface area (Å²) in [7, 11) is 0. The Bertz CT molecular complexity index is 833. The highest BCUT2D eigenvalue weighted by atomic mass is 16.6. The lowest BCUT2D eigenvalue weighted by atomic mass is 9.95. The van der Waals surface area contributed by atoms with Crippen LogP contribution in [-0.4, -0.2) is 78.1 Å². The van der Waals surface area contributed by atoms with E-state index in [-0.39, 0.29) is 42.8 Å². The van der Waals surface area contributed by atoms with Gasteiger partial charge in [0.15, 0.2) is 0 Å². The van der Waals surface area contributed by atoms with Crippen molar-refractivity contribution in [2.75, 3.05) is 32.8 Å². The van der Waals surface area contributed by atoms with Gasteiger partial charge in [-0.05, 0) is 65.4 Å². The minimum atomic E-state index is -0.737. The monoisotopic (exact) mass is 489 g/mol. The SMILES string of the molecule is C#CC(CC(=O)OCC)NC(=O)[C@@H]1CCCN(C(=O)/C=C/C2CCN(C(=O)OC(C)(C)C)CC2)C1. The van der Waals surface area contributed by atoms with E-state index in [1.165, 1.54) is 0 Å². The van der Waals surface area contributed by atoms with E-state index in [1.807, 2.05) is 26.8 Å². The molecular formula is C26H39N3O6. The van der Waals surface area contributed by atoms with Crippen molar-refractivity contribution < 1.29 is 28.7 Å². The van der Waals surface area contributed by atoms with Crippen LogP contribution in [0.1, 0.15) is 59.8 Å². The van der Waals surface area contributed by atoms with E-state index in [4.69, 9.17) is 15.9 Å². The van der Waals surface area contributed by atoms with Crippen LogP contribution in [-0.2, 0) is 23.9 Å². The summed E-state index contributed by atoms with van der Waals surface area (Å²) in [6.45, 7) is 9.57. The van der Waals surface area contributed by atoms with Crippen LogP contribution in [0.4, 0.5) is 4.79 Å². The van der Waals surface area contributed by atoms with Crippen molar-refractivity contribution in [1.29, 1.82) is 0 Å². The molecule has 2 aliphatic heterocycles. The molecule has 1 N–H and O–H groups in total. The summed E-state index contributed by atoms with van der Waals surface area (Å²) >= 11 is 0. The number of hydrogen-bond acceptors (Lipinski definition) is 6. The molecule has 35 heavy (non-hydrogen) atoms. The Morgan fingerprint density at radius 2 is 1.80 bits per heavy atom. The standard InChI is InChI=1S/C26H39N3O6/c1-6-21(17-23(31)34-7-2)27-24(32)20-9-8-14-29(18-20)22(30)11-10-19-12-15-28(16-13-19)25(33)35-26(3,4)5/h1,10-11,19-21H,7-9,12-18H2,2-5H3,(H,27,32)/b11-10+/t20-,21?/m1/s1. The number of allylic oxidation sites excluding steroid dienone is 1. The summed E-state index contributed by atoms with van der Waals surface area (Å²) in [5, 5.41) is 2.72. The molecule has 9 heteroatoms. The first kappa shape index (κ1) is 28.2. The van der Waals surface area contributed by atoms with Crippen molar-refractivity contribution in [3.05, 3.63) is 12.2 Å². The maximum Gasteiger partial charge on any atom is 0.410 e. The van der Waals surface area contributed by atoms with Gasteiger partial charge in [0.25, 0.3) is 0 Å². The molecule has 0 aromatic rings. The molecule has 2 atom stereocenters. The van der Waals surface area contributed by atoms with Gasteiger partial charge >= 0.3 is 12.1 Å². The Balaban J connectivity index is 1.81. The van der Waals surface area contributed by atoms with Crippen LogP contribution >= 0.6 is 0 Å². The average Bonchev–Trinajstić information content (AvgIpc) is 2.81. The number of ether oxygens (including phenoxy) is 2. The molecule has 0 aromatic heterocycles. The number of terminal acetylenes is 1. The van der Waals surface area contributed by atoms with Gasteiger partial charge in [-0.15, -0.1) is 6.42 Å². The molecule has 2 rings (SSSR count). The highest BCUT2D eigenvalue weighted by Gasteiger charge is 2.30. The Morgan fingerprint density at radius 1 is 1.11 bits per heavy atom. The molecule has 0 radical (unpaired) electrons. The highest BCUT2D eigenvalue weighted by Crippen LogP contribution is 2.22. The van der Waals surface area contributed by atoms with E-state index in [9.17, 15) is 19.2 Å². The zero-order chi connectivity index (χ0) is 26.0. The van der Waals surface area contributed by atoms with Crippen molar-refractivity contribution in [3.63, 3.8) is 0 Å². The summed E-state index contributed by atoms with van der Waals surface area (Å²) in [6, 6.07) is -0.737. The Morgan fingerprint density at radius 3 is 2.40 bits per heavy atom. The summed E-state index contributed by atoms with van der Waals surface area (Å²) < 4.78 is 10.3. The van der Waals surface area contributed by atoms with Crippen molar-refractivity contribution in [3.8, 4) is 12.3 Å². The van der Waals surface area contributed by atoms with Crippen LogP contribution in [0.3, 0.4) is 0 Å². The minimum Gasteiger partial charge on any atom is -0.466 e. The lowest BCUT2D eigenvalue weighted by Crippen LogP contribution is -2.47. The van der Waals surface area contributed by atoms with E-state index in [0.717, 1.165) is 12.8 Å². The number of nitrogens with one attached hydrogen (secondary N) is 1. The fourth-order valence-electron chi connectivity index (χ4n) is 4.14. The van der Waals surface area contributed by atoms with Crippen molar-refractivity contribution in [1.82, 2.24) is 15.1 Å². The van der Waals surface area contributed by atoms with E-state index in [1.54, 1.807) is 22.8 Å². The van der Waals surface area contributed by atoms with Gasteiger partial charge in [-0.3, -0.25) is 14.4 Å². The topological polar surface area (TPSA) is 105 Å². The number of carbonyl (C=O) groups excluding carboxylic acids is 4. The number of amides is 3. The number of piperidine rings is 2. The Kier molecular flexibility index (Phi) is 10.6. The Labute approximate surface area is 208 Å². The minimum absolute atomic E-state index is 0.0824. The molecule has 0 bridgehead atoms. The average molecular weight is 490 g/mol. The molecule has 0 saturated carbocycles. The summed E-state index contributed by atoms with van der Waals surface area (Å²) in [5.41, 5.74) is -0.522. The summed E-state index contributed by atoms with van der Waals surface area (Å²) in [6.07, 6.45) is 11.5. The van der Waals surface area contributed by atoms with Gasteiger partial charge in [0, 0.05) is 26.2 Å². The Hall–Kier alpha value is -3.02. The van der Waals surface area contributed by atoms with Gasteiger partial charge < -0.3 is 24.6 Å². The predicted octanol–water partition coefficient (Wildman–Crippen LogP) is 2.50. The normalized spacial score (nSPS) is 20.1. The van der Waals surface area contributed by atoms with Crippen LogP contribution < -0.4 is 5.32 Å². The number of nitrogens with zero attached hydrogens (tertiary/aromatic N) is 2. The van der Waals surface area contributed by atoms with E-state index >= 15 is 0 Å². The lowest BCUT2D eigenvalue weighted by Gasteiger charge is -2.33. The molecule has 194 valence electrons. The van der Waals surface area contributed by atoms with Crippen LogP contribution in [0.25, 0.3) is 0 Å². The maximum atomic E-state index is 12.8. The van der Waals surface area contributed by atoms with Gasteiger partial charge in [0.2, 0.25) is 11.8 Å². The molecule has 9 nitrogen and oxygen atoms in total. The van der Waals surface area contributed by atoms with Crippen LogP contribution in [0.5, 0.6) is 0 Å². The van der Waals surface area contributed by atoms with Crippen LogP contribution in [0.15, 0.2) is 12.2 Å². The molecule has 1 unspecified atom stereocenters. The quantitative estimate of drug-likeness (QED) is 0.335. The van der Waals surface area contributed by atoms with E-state index in [0.29, 0.717) is 39.0 Å². The second kappa shape index (κ2) is 13.2. The third-order valence-corrected chi connectivity index (χ3v) is 6.00. The number of carbonyl (C=O) groups is 4. The molecular weight excluding hydrogens is 450 g/mol. The second-order valence-corrected chi connectivity index (χ2v) is 10.0. The van der Waals surface area contributed by atoms with Gasteiger partial charge in [-0.1, -0.05) is 12.0 Å². The van der Waals surface area contributed by atoms with E-state index in [2.05, 4.69) is 11.2 Å². The van der Waals surface area contributed by atoms with E-state index < -0.39 is 17.6 Å². The predicted molar refractivity (Wildman–Crippen MR) is 131 cm³/mol. The van der Waals surface area contributed by atoms with Crippen molar-refractivity contribution in [2.24, 2.45) is 11.8 Å². The molecule has 2 fully saturated rings. The first-order chi connectivity index (χ1) is 16.5. The van der Waals surface area contributed by atoms with Crippen LogP contribution in [0, 0.1) is 24.2 Å². The fraction of sp³-hybridized carbons (Fsp3) is 0.692. The van der Waals surface area contributed by atoms with Gasteiger partial charge in [0.1, 0.15) is 11.6 Å². The largest absolute Gasteiger partial charge is 0.466 e. The zero-order valence-electron chi connectivity index (χ0n) is 21.4. The van der Waals surface area contributed by atoms with Crippen molar-refractivity contribution in [2.45, 2.75) is 71.4 Å². The summed E-state index contributed by atoms with van der Waals surface area (Å²) in [5.74, 6) is 1.40. The molecule has 0 aromatic carbocycles. The fourth-order valence-corrected chi connectivity index (χ4v) is 4.14. The molecule has 0 spiro atoms. The number of esters is 1. The van der Waals surface area contributed by atoms with Crippen molar-refractivity contribution >= 4 is 23.9 Å². The zero-order valence-corrected chi connectivity index (χ0v) is 21.4. The molecule has 2 aliphatic rings. The summed E-state index contributed by atoms with van der Waals surface area (Å²) in [4.78, 5) is 52.7. The van der Waals surface area contributed by atoms with Gasteiger partial charge in [-0.2, -0.15) is 0 Å². The highest BCUT2D eigenvalue weighted by molar-refractivity contribution is 5.88. The third-order valence-electron chi connectivity index (χ3n) is 6.00. The second-order valence-electron chi connectivity index (χ2n) is 10.0. The smallest absolute Gasteiger partial charge is 0.410 e. The number of likely N-dealkylation sites (tertiary alicyclic amines) is 2. The van der Waals surface area contributed by atoms with Gasteiger partial charge in [0.05, 0.1) is 18.9 Å². The van der Waals surface area contributed by atoms with Crippen LogP contribution in [0.2, 0.25) is 0 Å². The first-order valence-corrected chi connectivity index (χ1v) is 12.4. The molecule has 3 amide bonds. The van der Waals surface area contributed by atoms with Gasteiger partial charge in [-0.25, -0.2) is 4.79 Å².